The van der Waals surface area contributed by atoms with Crippen molar-refractivity contribution in [3.63, 3.8) is 0 Å². The van der Waals surface area contributed by atoms with Crippen molar-refractivity contribution < 1.29 is 19.4 Å². The molecule has 6 heteroatoms. The standard InChI is InChI=1S/C27H38N2O4/c1-21(2)9-11-29-12-14-32-15-16-33-26-8-7-24(27(31)28-10-4-13-30)19-25(26)18-22-5-3-6-23(17-22)20-29/h3,5-8,17,19,21,30H,4,9-16,18,20H2,1-2H3,(H,28,31). The Morgan fingerprint density at radius 2 is 1.97 bits per heavy atom. The van der Waals surface area contributed by atoms with Crippen molar-refractivity contribution in [2.24, 2.45) is 5.92 Å². The van der Waals surface area contributed by atoms with Gasteiger partial charge in [-0.1, -0.05) is 38.1 Å². The minimum Gasteiger partial charge on any atom is -0.491 e. The van der Waals surface area contributed by atoms with Crippen LogP contribution in [0.4, 0.5) is 0 Å². The maximum Gasteiger partial charge on any atom is 0.251 e. The number of benzene rings is 2. The van der Waals surface area contributed by atoms with Crippen LogP contribution in [0.2, 0.25) is 0 Å². The summed E-state index contributed by atoms with van der Waals surface area (Å²) >= 11 is 0. The first-order chi connectivity index (χ1) is 16.0. The molecule has 0 saturated heterocycles. The van der Waals surface area contributed by atoms with Crippen LogP contribution in [0.25, 0.3) is 0 Å². The maximum absolute atomic E-state index is 12.5. The molecule has 0 radical (unpaired) electrons. The van der Waals surface area contributed by atoms with Gasteiger partial charge in [0.2, 0.25) is 0 Å². The summed E-state index contributed by atoms with van der Waals surface area (Å²) in [4.78, 5) is 15.0. The molecule has 3 rings (SSSR count). The van der Waals surface area contributed by atoms with Crippen LogP contribution in [-0.4, -0.2) is 62.0 Å². The number of nitrogens with one attached hydrogen (secondary N) is 1. The summed E-state index contributed by atoms with van der Waals surface area (Å²) in [6.45, 7) is 9.59. The lowest BCUT2D eigenvalue weighted by Crippen LogP contribution is -2.29. The van der Waals surface area contributed by atoms with Crippen LogP contribution in [0.3, 0.4) is 0 Å². The lowest BCUT2D eigenvalue weighted by Gasteiger charge is -2.24. The number of aliphatic hydroxyl groups excluding tert-OH is 1. The van der Waals surface area contributed by atoms with Gasteiger partial charge < -0.3 is 19.9 Å². The van der Waals surface area contributed by atoms with Gasteiger partial charge in [-0.15, -0.1) is 0 Å². The molecule has 0 spiro atoms. The smallest absolute Gasteiger partial charge is 0.251 e. The molecule has 0 saturated carbocycles. The number of hydrogen-bond donors (Lipinski definition) is 2. The number of amides is 1. The van der Waals surface area contributed by atoms with E-state index >= 15 is 0 Å². The Labute approximate surface area is 197 Å². The highest BCUT2D eigenvalue weighted by Crippen LogP contribution is 2.24. The number of carbonyl (C=O) groups is 1. The fourth-order valence-electron chi connectivity index (χ4n) is 3.92. The first kappa shape index (κ1) is 25.2. The van der Waals surface area contributed by atoms with Gasteiger partial charge in [0.15, 0.2) is 0 Å². The molecular weight excluding hydrogens is 416 g/mol. The van der Waals surface area contributed by atoms with Gasteiger partial charge in [-0.2, -0.15) is 0 Å². The van der Waals surface area contributed by atoms with Crippen LogP contribution in [0.5, 0.6) is 5.75 Å². The van der Waals surface area contributed by atoms with Crippen molar-refractivity contribution in [2.45, 2.75) is 39.7 Å². The van der Waals surface area contributed by atoms with Crippen LogP contribution in [0.1, 0.15) is 53.7 Å². The van der Waals surface area contributed by atoms with Crippen LogP contribution in [0, 0.1) is 5.92 Å². The van der Waals surface area contributed by atoms with Gasteiger partial charge in [0, 0.05) is 38.2 Å². The molecule has 2 aromatic carbocycles. The molecule has 6 nitrogen and oxygen atoms in total. The number of hydrogen-bond acceptors (Lipinski definition) is 5. The summed E-state index contributed by atoms with van der Waals surface area (Å²) in [7, 11) is 0. The number of aliphatic hydroxyl groups is 1. The number of rotatable bonds is 7. The Bertz CT molecular complexity index is 884. The van der Waals surface area contributed by atoms with Gasteiger partial charge in [-0.25, -0.2) is 0 Å². The van der Waals surface area contributed by atoms with E-state index in [0.29, 0.717) is 50.7 Å². The predicted molar refractivity (Wildman–Crippen MR) is 131 cm³/mol. The third kappa shape index (κ3) is 8.46. The Morgan fingerprint density at radius 1 is 1.12 bits per heavy atom. The predicted octanol–water partition coefficient (Wildman–Crippen LogP) is 3.65. The van der Waals surface area contributed by atoms with Gasteiger partial charge in [-0.05, 0) is 60.2 Å². The van der Waals surface area contributed by atoms with Gasteiger partial charge in [0.05, 0.1) is 13.2 Å². The monoisotopic (exact) mass is 454 g/mol. The van der Waals surface area contributed by atoms with E-state index in [1.807, 2.05) is 12.1 Å². The normalized spacial score (nSPS) is 15.4. The first-order valence-corrected chi connectivity index (χ1v) is 12.1. The summed E-state index contributed by atoms with van der Waals surface area (Å²) in [6, 6.07) is 14.3. The zero-order valence-corrected chi connectivity index (χ0v) is 20.0. The van der Waals surface area contributed by atoms with Gasteiger partial charge >= 0.3 is 0 Å². The molecule has 33 heavy (non-hydrogen) atoms. The molecule has 0 fully saturated rings. The molecule has 1 aliphatic rings. The fraction of sp³-hybridized carbons (Fsp3) is 0.519. The lowest BCUT2D eigenvalue weighted by atomic mass is 9.99. The van der Waals surface area contributed by atoms with E-state index in [0.717, 1.165) is 30.9 Å². The summed E-state index contributed by atoms with van der Waals surface area (Å²) in [6.07, 6.45) is 2.40. The summed E-state index contributed by atoms with van der Waals surface area (Å²) < 4.78 is 11.9. The second-order valence-corrected chi connectivity index (χ2v) is 9.07. The maximum atomic E-state index is 12.5. The van der Waals surface area contributed by atoms with Crippen LogP contribution >= 0.6 is 0 Å². The molecule has 1 heterocycles. The molecule has 0 unspecified atom stereocenters. The number of fused-ring (bicyclic) bond motifs is 3. The minimum atomic E-state index is -0.136. The number of nitrogens with zero attached hydrogens (tertiary/aromatic N) is 1. The highest BCUT2D eigenvalue weighted by molar-refractivity contribution is 5.94. The zero-order valence-electron chi connectivity index (χ0n) is 20.0. The molecule has 0 aliphatic carbocycles. The molecule has 1 amide bonds. The minimum absolute atomic E-state index is 0.0611. The van der Waals surface area contributed by atoms with Crippen LogP contribution in [0.15, 0.2) is 42.5 Å². The SMILES string of the molecule is CC(C)CCN1CCOCCOc2ccc(C(=O)NCCCO)cc2Cc2cccc(c2)C1. The highest BCUT2D eigenvalue weighted by atomic mass is 16.5. The van der Waals surface area contributed by atoms with Crippen molar-refractivity contribution in [1.29, 1.82) is 0 Å². The van der Waals surface area contributed by atoms with E-state index in [2.05, 4.69) is 48.3 Å². The van der Waals surface area contributed by atoms with E-state index in [9.17, 15) is 4.79 Å². The quantitative estimate of drug-likeness (QED) is 0.625. The van der Waals surface area contributed by atoms with E-state index in [4.69, 9.17) is 14.6 Å². The van der Waals surface area contributed by atoms with Crippen molar-refractivity contribution in [2.75, 3.05) is 46.1 Å². The van der Waals surface area contributed by atoms with E-state index in [-0.39, 0.29) is 12.5 Å². The molecule has 0 aromatic heterocycles. The molecule has 2 N–H and O–H groups in total. The van der Waals surface area contributed by atoms with Crippen molar-refractivity contribution in [3.05, 3.63) is 64.7 Å². The Hall–Kier alpha value is -2.41. The number of carbonyl (C=O) groups excluding carboxylic acids is 1. The van der Waals surface area contributed by atoms with E-state index < -0.39 is 0 Å². The Kier molecular flexibility index (Phi) is 10.2. The van der Waals surface area contributed by atoms with Crippen molar-refractivity contribution in [1.82, 2.24) is 10.2 Å². The van der Waals surface area contributed by atoms with Gasteiger partial charge in [0.1, 0.15) is 12.4 Å². The highest BCUT2D eigenvalue weighted by Gasteiger charge is 2.13. The van der Waals surface area contributed by atoms with Crippen molar-refractivity contribution in [3.8, 4) is 5.75 Å². The average molecular weight is 455 g/mol. The topological polar surface area (TPSA) is 71.0 Å². The fourth-order valence-corrected chi connectivity index (χ4v) is 3.92. The van der Waals surface area contributed by atoms with Gasteiger partial charge in [-0.3, -0.25) is 9.69 Å². The zero-order chi connectivity index (χ0) is 23.5. The van der Waals surface area contributed by atoms with Crippen LogP contribution < -0.4 is 10.1 Å². The third-order valence-electron chi connectivity index (χ3n) is 5.80. The molecule has 180 valence electrons. The molecule has 2 bridgehead atoms. The Balaban J connectivity index is 1.81. The molecule has 2 aromatic rings. The summed E-state index contributed by atoms with van der Waals surface area (Å²) in [5, 5.41) is 11.8. The van der Waals surface area contributed by atoms with E-state index in [1.165, 1.54) is 17.5 Å². The Morgan fingerprint density at radius 3 is 2.79 bits per heavy atom. The van der Waals surface area contributed by atoms with Crippen LogP contribution in [-0.2, 0) is 17.7 Å². The molecular formula is C27H38N2O4. The average Bonchev–Trinajstić information content (AvgIpc) is 2.80. The first-order valence-electron chi connectivity index (χ1n) is 12.1. The molecule has 1 aliphatic heterocycles. The second kappa shape index (κ2) is 13.3. The second-order valence-electron chi connectivity index (χ2n) is 9.07. The summed E-state index contributed by atoms with van der Waals surface area (Å²) in [5.74, 6) is 1.32. The molecule has 0 atom stereocenters. The van der Waals surface area contributed by atoms with E-state index in [1.54, 1.807) is 6.07 Å². The van der Waals surface area contributed by atoms with Gasteiger partial charge in [0.25, 0.3) is 5.91 Å². The van der Waals surface area contributed by atoms with Crippen molar-refractivity contribution >= 4 is 5.91 Å². The third-order valence-corrected chi connectivity index (χ3v) is 5.80. The lowest BCUT2D eigenvalue weighted by molar-refractivity contribution is 0.0764. The number of ether oxygens (including phenoxy) is 2. The largest absolute Gasteiger partial charge is 0.491 e. The summed E-state index contributed by atoms with van der Waals surface area (Å²) in [5.41, 5.74) is 4.07.